The fourth-order valence-corrected chi connectivity index (χ4v) is 9.66. The zero-order valence-corrected chi connectivity index (χ0v) is 38.0. The van der Waals surface area contributed by atoms with Crippen LogP contribution in [-0.2, 0) is 0 Å². The third-order valence-corrected chi connectivity index (χ3v) is 13.5. The zero-order valence-electron chi connectivity index (χ0n) is 38.0. The van der Waals surface area contributed by atoms with Crippen molar-refractivity contribution in [2.75, 3.05) is 0 Å². The first-order valence-electron chi connectivity index (χ1n) is 23.7. The van der Waals surface area contributed by atoms with Gasteiger partial charge < -0.3 is 0 Å². The molecular formula is C66H42N4. The van der Waals surface area contributed by atoms with Crippen LogP contribution in [0.2, 0.25) is 0 Å². The van der Waals surface area contributed by atoms with Crippen LogP contribution in [0.4, 0.5) is 0 Å². The molecule has 0 amide bonds. The summed E-state index contributed by atoms with van der Waals surface area (Å²) in [6.45, 7) is 0. The number of rotatable bonds is 8. The van der Waals surface area contributed by atoms with Crippen molar-refractivity contribution in [2.24, 2.45) is 0 Å². The van der Waals surface area contributed by atoms with Gasteiger partial charge in [-0.05, 0) is 119 Å². The van der Waals surface area contributed by atoms with E-state index >= 15 is 0 Å². The maximum absolute atomic E-state index is 5.28. The summed E-state index contributed by atoms with van der Waals surface area (Å²) in [5.41, 5.74) is 13.7. The molecule has 0 radical (unpaired) electrons. The molecule has 4 nitrogen and oxygen atoms in total. The highest BCUT2D eigenvalue weighted by Crippen LogP contribution is 2.36. The molecule has 0 saturated carbocycles. The molecule has 0 aliphatic rings. The van der Waals surface area contributed by atoms with Gasteiger partial charge in [0.2, 0.25) is 0 Å². The van der Waals surface area contributed by atoms with Crippen LogP contribution in [0.3, 0.4) is 0 Å². The second-order valence-corrected chi connectivity index (χ2v) is 17.9. The molecule has 0 aliphatic carbocycles. The second kappa shape index (κ2) is 17.4. The minimum Gasteiger partial charge on any atom is -0.248 e. The minimum atomic E-state index is 0.629. The van der Waals surface area contributed by atoms with Gasteiger partial charge in [0.15, 0.2) is 17.5 Å². The number of nitrogens with zero attached hydrogens (tertiary/aromatic N) is 4. The summed E-state index contributed by atoms with van der Waals surface area (Å²) >= 11 is 0. The molecule has 11 aromatic carbocycles. The number of aromatic nitrogens is 4. The van der Waals surface area contributed by atoms with Crippen molar-refractivity contribution in [3.05, 3.63) is 255 Å². The van der Waals surface area contributed by atoms with E-state index in [4.69, 9.17) is 19.9 Å². The van der Waals surface area contributed by atoms with Gasteiger partial charge in [0.25, 0.3) is 0 Å². The summed E-state index contributed by atoms with van der Waals surface area (Å²) in [5, 5.41) is 9.46. The van der Waals surface area contributed by atoms with Crippen LogP contribution in [0.15, 0.2) is 255 Å². The molecule has 2 heterocycles. The first-order chi connectivity index (χ1) is 34.6. The lowest BCUT2D eigenvalue weighted by atomic mass is 9.95. The average molecular weight is 891 g/mol. The molecule has 0 unspecified atom stereocenters. The van der Waals surface area contributed by atoms with E-state index in [1.165, 1.54) is 32.3 Å². The number of fused-ring (bicyclic) bond motifs is 4. The normalized spacial score (nSPS) is 11.4. The maximum Gasteiger partial charge on any atom is 0.164 e. The SMILES string of the molecule is c1cc(-c2ccc(-c3cc(-c4ccc5ccccc5c4)nc(-c4ccc5ccccc5c4)c3)cc2)cc(-c2ccc(-c3nc(-c4ccc5ccccc5c4)nc(-c4ccc5ccccc5c4)n3)cc2)c1. The van der Waals surface area contributed by atoms with Crippen LogP contribution in [0.25, 0.3) is 133 Å². The second-order valence-electron chi connectivity index (χ2n) is 17.9. The van der Waals surface area contributed by atoms with Crippen molar-refractivity contribution < 1.29 is 0 Å². The summed E-state index contributed by atoms with van der Waals surface area (Å²) in [6, 6.07) is 90.4. The van der Waals surface area contributed by atoms with Crippen LogP contribution < -0.4 is 0 Å². The Morgan fingerprint density at radius 1 is 0.157 bits per heavy atom. The van der Waals surface area contributed by atoms with Crippen LogP contribution >= 0.6 is 0 Å². The summed E-state index contributed by atoms with van der Waals surface area (Å²) < 4.78 is 0. The van der Waals surface area contributed by atoms with Crippen molar-refractivity contribution in [1.29, 1.82) is 0 Å². The lowest BCUT2D eigenvalue weighted by molar-refractivity contribution is 1.08. The fraction of sp³-hybridized carbons (Fsp3) is 0. The number of hydrogen-bond donors (Lipinski definition) is 0. The molecule has 70 heavy (non-hydrogen) atoms. The zero-order chi connectivity index (χ0) is 46.4. The summed E-state index contributed by atoms with van der Waals surface area (Å²) in [7, 11) is 0. The van der Waals surface area contributed by atoms with Gasteiger partial charge in [-0.3, -0.25) is 0 Å². The van der Waals surface area contributed by atoms with Gasteiger partial charge >= 0.3 is 0 Å². The lowest BCUT2D eigenvalue weighted by Crippen LogP contribution is -2.00. The Kier molecular flexibility index (Phi) is 10.1. The smallest absolute Gasteiger partial charge is 0.164 e. The third kappa shape index (κ3) is 7.93. The van der Waals surface area contributed by atoms with Crippen LogP contribution in [0.5, 0.6) is 0 Å². The molecule has 0 saturated heterocycles. The largest absolute Gasteiger partial charge is 0.248 e. The molecule has 0 aliphatic heterocycles. The van der Waals surface area contributed by atoms with Crippen molar-refractivity contribution >= 4 is 43.1 Å². The molecule has 326 valence electrons. The quantitative estimate of drug-likeness (QED) is 0.152. The van der Waals surface area contributed by atoms with E-state index < -0.39 is 0 Å². The lowest BCUT2D eigenvalue weighted by Gasteiger charge is -2.12. The Morgan fingerprint density at radius 2 is 0.457 bits per heavy atom. The van der Waals surface area contributed by atoms with Crippen molar-refractivity contribution in [1.82, 2.24) is 19.9 Å². The predicted molar refractivity (Wildman–Crippen MR) is 291 cm³/mol. The molecule has 4 heteroatoms. The van der Waals surface area contributed by atoms with E-state index in [-0.39, 0.29) is 0 Å². The van der Waals surface area contributed by atoms with Gasteiger partial charge in [0.1, 0.15) is 0 Å². The molecule has 0 N–H and O–H groups in total. The van der Waals surface area contributed by atoms with Gasteiger partial charge in [0, 0.05) is 27.8 Å². The number of hydrogen-bond acceptors (Lipinski definition) is 4. The Hall–Kier alpha value is -9.38. The maximum atomic E-state index is 5.28. The van der Waals surface area contributed by atoms with E-state index in [0.717, 1.165) is 83.4 Å². The number of benzene rings is 11. The summed E-state index contributed by atoms with van der Waals surface area (Å²) in [6.07, 6.45) is 0. The van der Waals surface area contributed by atoms with Gasteiger partial charge in [-0.25, -0.2) is 19.9 Å². The van der Waals surface area contributed by atoms with Gasteiger partial charge in [0.05, 0.1) is 11.4 Å². The van der Waals surface area contributed by atoms with Crippen molar-refractivity contribution in [2.45, 2.75) is 0 Å². The van der Waals surface area contributed by atoms with Crippen molar-refractivity contribution in [3.63, 3.8) is 0 Å². The van der Waals surface area contributed by atoms with Crippen LogP contribution in [0, 0.1) is 0 Å². The van der Waals surface area contributed by atoms with Crippen LogP contribution in [-0.4, -0.2) is 19.9 Å². The molecule has 0 fully saturated rings. The van der Waals surface area contributed by atoms with E-state index in [1.807, 2.05) is 0 Å². The highest BCUT2D eigenvalue weighted by atomic mass is 15.0. The van der Waals surface area contributed by atoms with Crippen LogP contribution in [0.1, 0.15) is 0 Å². The van der Waals surface area contributed by atoms with E-state index in [0.29, 0.717) is 17.5 Å². The Labute approximate surface area is 405 Å². The average Bonchev–Trinajstić information content (AvgIpc) is 3.44. The standard InChI is InChI=1S/C66H42N4/c1-5-14-51-37-57(32-26-43(51)10-1)62-41-61(42-63(67-62)58-33-27-44-11-2-6-15-52(44)38-58)49-22-20-47(21-23-49)55-18-9-19-56(36-55)48-24-30-50(31-25-48)64-68-65(59-34-28-45-12-3-7-16-53(45)39-59)70-66(69-64)60-35-29-46-13-4-8-17-54(46)40-60/h1-42H. The topological polar surface area (TPSA) is 51.6 Å². The summed E-state index contributed by atoms with van der Waals surface area (Å²) in [5.74, 6) is 1.91. The summed E-state index contributed by atoms with van der Waals surface area (Å²) in [4.78, 5) is 20.5. The highest BCUT2D eigenvalue weighted by molar-refractivity contribution is 5.91. The Bertz CT molecular complexity index is 3660. The first kappa shape index (κ1) is 40.9. The Balaban J connectivity index is 0.819. The van der Waals surface area contributed by atoms with Gasteiger partial charge in [-0.1, -0.05) is 212 Å². The predicted octanol–water partition coefficient (Wildman–Crippen LogP) is 17.2. The van der Waals surface area contributed by atoms with E-state index in [2.05, 4.69) is 255 Å². The highest BCUT2D eigenvalue weighted by Gasteiger charge is 2.15. The Morgan fingerprint density at radius 3 is 0.857 bits per heavy atom. The molecule has 13 aromatic rings. The molecule has 0 spiro atoms. The fourth-order valence-electron chi connectivity index (χ4n) is 9.66. The number of pyridine rings is 1. The van der Waals surface area contributed by atoms with E-state index in [9.17, 15) is 0 Å². The van der Waals surface area contributed by atoms with Crippen molar-refractivity contribution in [3.8, 4) is 90.1 Å². The monoisotopic (exact) mass is 890 g/mol. The molecule has 0 bridgehead atoms. The molecular weight excluding hydrogens is 849 g/mol. The molecule has 0 atom stereocenters. The first-order valence-corrected chi connectivity index (χ1v) is 23.7. The minimum absolute atomic E-state index is 0.629. The third-order valence-electron chi connectivity index (χ3n) is 13.5. The molecule has 2 aromatic heterocycles. The van der Waals surface area contributed by atoms with Gasteiger partial charge in [-0.2, -0.15) is 0 Å². The van der Waals surface area contributed by atoms with Gasteiger partial charge in [-0.15, -0.1) is 0 Å². The van der Waals surface area contributed by atoms with E-state index in [1.54, 1.807) is 0 Å². The molecule has 13 rings (SSSR count).